The van der Waals surface area contributed by atoms with Crippen molar-refractivity contribution in [3.05, 3.63) is 11.8 Å². The predicted octanol–water partition coefficient (Wildman–Crippen LogP) is 1.16. The third-order valence-electron chi connectivity index (χ3n) is 2.03. The first kappa shape index (κ1) is 13.2. The van der Waals surface area contributed by atoms with Crippen molar-refractivity contribution < 1.29 is 14.3 Å². The largest absolute Gasteiger partial charge is 0.481 e. The molecule has 94 valence electrons. The summed E-state index contributed by atoms with van der Waals surface area (Å²) in [5, 5.41) is 2.87. The summed E-state index contributed by atoms with van der Waals surface area (Å²) in [7, 11) is 1.53. The molecule has 1 rings (SSSR count). The Morgan fingerprint density at radius 2 is 2.24 bits per heavy atom. The normalized spacial score (nSPS) is 11.8. The maximum absolute atomic E-state index is 11.4. The quantitative estimate of drug-likeness (QED) is 0.777. The number of nitrogens with zero attached hydrogens (tertiary/aromatic N) is 2. The van der Waals surface area contributed by atoms with Crippen LogP contribution in [0.1, 0.15) is 19.5 Å². The molecule has 0 bridgehead atoms. The van der Waals surface area contributed by atoms with Gasteiger partial charge in [0.2, 0.25) is 11.8 Å². The average Bonchev–Trinajstić information content (AvgIpc) is 2.28. The third-order valence-corrected chi connectivity index (χ3v) is 2.03. The molecule has 0 amide bonds. The lowest BCUT2D eigenvalue weighted by atomic mass is 10.3. The Bertz CT molecular complexity index is 396. The molecule has 0 spiro atoms. The molecule has 1 atom stereocenters. The van der Waals surface area contributed by atoms with Crippen molar-refractivity contribution in [3.8, 4) is 5.88 Å². The Labute approximate surface area is 100 Å². The number of carbonyl (C=O) groups is 1. The number of anilines is 1. The van der Waals surface area contributed by atoms with Gasteiger partial charge in [-0.1, -0.05) is 0 Å². The molecule has 0 radical (unpaired) electrons. The summed E-state index contributed by atoms with van der Waals surface area (Å²) in [6, 6.07) is 1.21. The average molecular weight is 239 g/mol. The van der Waals surface area contributed by atoms with E-state index in [1.807, 2.05) is 6.92 Å². The van der Waals surface area contributed by atoms with Gasteiger partial charge in [0, 0.05) is 11.8 Å². The van der Waals surface area contributed by atoms with Crippen molar-refractivity contribution in [1.29, 1.82) is 0 Å². The Hall–Kier alpha value is -1.85. The first-order valence-corrected chi connectivity index (χ1v) is 5.39. The summed E-state index contributed by atoms with van der Waals surface area (Å²) in [5.41, 5.74) is 0.760. The number of hydrogen-bond acceptors (Lipinski definition) is 6. The monoisotopic (exact) mass is 239 g/mol. The highest BCUT2D eigenvalue weighted by atomic mass is 16.5. The van der Waals surface area contributed by atoms with Crippen LogP contribution in [0.15, 0.2) is 6.07 Å². The molecule has 0 aliphatic heterocycles. The molecule has 0 aliphatic rings. The van der Waals surface area contributed by atoms with E-state index in [0.29, 0.717) is 18.4 Å². The van der Waals surface area contributed by atoms with Gasteiger partial charge in [-0.2, -0.15) is 4.98 Å². The number of aromatic nitrogens is 2. The molecule has 0 aliphatic carbocycles. The van der Waals surface area contributed by atoms with Crippen LogP contribution >= 0.6 is 0 Å². The molecule has 1 N–H and O–H groups in total. The predicted molar refractivity (Wildman–Crippen MR) is 63.0 cm³/mol. The minimum Gasteiger partial charge on any atom is -0.481 e. The van der Waals surface area contributed by atoms with Gasteiger partial charge < -0.3 is 14.8 Å². The molecule has 0 saturated heterocycles. The SMILES string of the molecule is CCOC(=O)C(C)Nc1nc(C)cc(OC)n1. The van der Waals surface area contributed by atoms with Crippen LogP contribution < -0.4 is 10.1 Å². The van der Waals surface area contributed by atoms with E-state index in [-0.39, 0.29) is 5.97 Å². The Kier molecular flexibility index (Phi) is 4.68. The van der Waals surface area contributed by atoms with E-state index in [9.17, 15) is 4.79 Å². The summed E-state index contributed by atoms with van der Waals surface area (Å²) >= 11 is 0. The standard InChI is InChI=1S/C11H17N3O3/c1-5-17-10(15)8(3)13-11-12-7(2)6-9(14-11)16-4/h6,8H,5H2,1-4H3,(H,12,13,14). The van der Waals surface area contributed by atoms with E-state index in [1.165, 1.54) is 7.11 Å². The summed E-state index contributed by atoms with van der Waals surface area (Å²) in [5.74, 6) is 0.468. The maximum Gasteiger partial charge on any atom is 0.328 e. The lowest BCUT2D eigenvalue weighted by molar-refractivity contribution is -0.143. The molecule has 0 saturated carbocycles. The van der Waals surface area contributed by atoms with Crippen LogP contribution in [0.4, 0.5) is 5.95 Å². The van der Waals surface area contributed by atoms with Gasteiger partial charge in [-0.15, -0.1) is 0 Å². The summed E-state index contributed by atoms with van der Waals surface area (Å²) in [4.78, 5) is 19.7. The molecular formula is C11H17N3O3. The molecule has 0 fully saturated rings. The van der Waals surface area contributed by atoms with Crippen molar-refractivity contribution in [2.45, 2.75) is 26.8 Å². The van der Waals surface area contributed by atoms with Crippen LogP contribution in [0.5, 0.6) is 5.88 Å². The summed E-state index contributed by atoms with van der Waals surface area (Å²) in [6.07, 6.45) is 0. The first-order valence-electron chi connectivity index (χ1n) is 5.39. The van der Waals surface area contributed by atoms with Crippen LogP contribution in [-0.4, -0.2) is 35.7 Å². The zero-order valence-corrected chi connectivity index (χ0v) is 10.5. The van der Waals surface area contributed by atoms with Crippen LogP contribution in [-0.2, 0) is 9.53 Å². The van der Waals surface area contributed by atoms with E-state index in [1.54, 1.807) is 19.9 Å². The van der Waals surface area contributed by atoms with E-state index < -0.39 is 6.04 Å². The van der Waals surface area contributed by atoms with Gasteiger partial charge in [0.25, 0.3) is 0 Å². The minimum absolute atomic E-state index is 0.337. The Morgan fingerprint density at radius 3 is 2.82 bits per heavy atom. The zero-order chi connectivity index (χ0) is 12.8. The van der Waals surface area contributed by atoms with Crippen molar-refractivity contribution in [2.75, 3.05) is 19.0 Å². The molecule has 1 aromatic rings. The van der Waals surface area contributed by atoms with Crippen molar-refractivity contribution in [1.82, 2.24) is 9.97 Å². The van der Waals surface area contributed by atoms with Gasteiger partial charge >= 0.3 is 5.97 Å². The van der Waals surface area contributed by atoms with Crippen molar-refractivity contribution in [2.24, 2.45) is 0 Å². The minimum atomic E-state index is -0.499. The second-order valence-electron chi connectivity index (χ2n) is 3.49. The fourth-order valence-corrected chi connectivity index (χ4v) is 1.23. The first-order chi connectivity index (χ1) is 8.06. The van der Waals surface area contributed by atoms with Gasteiger partial charge in [0.05, 0.1) is 13.7 Å². The van der Waals surface area contributed by atoms with Crippen LogP contribution in [0, 0.1) is 6.92 Å². The number of ether oxygens (including phenoxy) is 2. The zero-order valence-electron chi connectivity index (χ0n) is 10.5. The second-order valence-corrected chi connectivity index (χ2v) is 3.49. The Morgan fingerprint density at radius 1 is 1.53 bits per heavy atom. The van der Waals surface area contributed by atoms with Crippen LogP contribution in [0.3, 0.4) is 0 Å². The highest BCUT2D eigenvalue weighted by Crippen LogP contribution is 2.12. The number of hydrogen-bond donors (Lipinski definition) is 1. The fourth-order valence-electron chi connectivity index (χ4n) is 1.23. The van der Waals surface area contributed by atoms with Gasteiger partial charge in [-0.25, -0.2) is 9.78 Å². The lowest BCUT2D eigenvalue weighted by Crippen LogP contribution is -2.29. The van der Waals surface area contributed by atoms with Gasteiger partial charge in [0.1, 0.15) is 6.04 Å². The number of nitrogens with one attached hydrogen (secondary N) is 1. The second kappa shape index (κ2) is 6.03. The summed E-state index contributed by atoms with van der Waals surface area (Å²) in [6.45, 7) is 5.63. The molecule has 1 unspecified atom stereocenters. The smallest absolute Gasteiger partial charge is 0.328 e. The number of carbonyl (C=O) groups excluding carboxylic acids is 1. The third kappa shape index (κ3) is 3.90. The van der Waals surface area contributed by atoms with Gasteiger partial charge in [-0.3, -0.25) is 0 Å². The molecule has 6 heteroatoms. The highest BCUT2D eigenvalue weighted by Gasteiger charge is 2.15. The highest BCUT2D eigenvalue weighted by molar-refractivity contribution is 5.78. The van der Waals surface area contributed by atoms with Crippen LogP contribution in [0.2, 0.25) is 0 Å². The fraction of sp³-hybridized carbons (Fsp3) is 0.545. The van der Waals surface area contributed by atoms with Gasteiger partial charge in [0.15, 0.2) is 0 Å². The summed E-state index contributed by atoms with van der Waals surface area (Å²) < 4.78 is 9.89. The molecule has 0 aromatic carbocycles. The number of methoxy groups -OCH3 is 1. The van der Waals surface area contributed by atoms with Gasteiger partial charge in [-0.05, 0) is 20.8 Å². The lowest BCUT2D eigenvalue weighted by Gasteiger charge is -2.13. The number of esters is 1. The van der Waals surface area contributed by atoms with E-state index in [2.05, 4.69) is 15.3 Å². The molecule has 1 heterocycles. The van der Waals surface area contributed by atoms with E-state index in [0.717, 1.165) is 5.69 Å². The van der Waals surface area contributed by atoms with E-state index in [4.69, 9.17) is 9.47 Å². The van der Waals surface area contributed by atoms with E-state index >= 15 is 0 Å². The number of rotatable bonds is 5. The molecule has 6 nitrogen and oxygen atoms in total. The number of aryl methyl sites for hydroxylation is 1. The molecular weight excluding hydrogens is 222 g/mol. The van der Waals surface area contributed by atoms with Crippen molar-refractivity contribution in [3.63, 3.8) is 0 Å². The van der Waals surface area contributed by atoms with Crippen molar-refractivity contribution >= 4 is 11.9 Å². The Balaban J connectivity index is 2.73. The topological polar surface area (TPSA) is 73.3 Å². The molecule has 1 aromatic heterocycles. The molecule has 17 heavy (non-hydrogen) atoms. The maximum atomic E-state index is 11.4. The van der Waals surface area contributed by atoms with Crippen LogP contribution in [0.25, 0.3) is 0 Å².